The van der Waals surface area contributed by atoms with E-state index in [1.165, 1.54) is 11.8 Å². The van der Waals surface area contributed by atoms with Gasteiger partial charge in [-0.05, 0) is 52.0 Å². The molecule has 0 fully saturated rings. The molecule has 0 aliphatic carbocycles. The highest BCUT2D eigenvalue weighted by Gasteiger charge is 2.22. The molecule has 1 aromatic heterocycles. The van der Waals surface area contributed by atoms with Gasteiger partial charge in [0.15, 0.2) is 11.0 Å². The summed E-state index contributed by atoms with van der Waals surface area (Å²) in [5, 5.41) is 9.52. The fourth-order valence-corrected chi connectivity index (χ4v) is 4.30. The zero-order chi connectivity index (χ0) is 21.7. The van der Waals surface area contributed by atoms with Gasteiger partial charge in [0, 0.05) is 23.3 Å². The van der Waals surface area contributed by atoms with E-state index in [0.717, 1.165) is 22.8 Å². The average Bonchev–Trinajstić information content (AvgIpc) is 3.16. The van der Waals surface area contributed by atoms with Crippen molar-refractivity contribution in [3.63, 3.8) is 0 Å². The molecule has 0 spiro atoms. The van der Waals surface area contributed by atoms with Gasteiger partial charge in [0.25, 0.3) is 0 Å². The van der Waals surface area contributed by atoms with E-state index in [1.807, 2.05) is 91.8 Å². The Balaban J connectivity index is 1.94. The van der Waals surface area contributed by atoms with Gasteiger partial charge >= 0.3 is 0 Å². The molecule has 6 nitrogen and oxygen atoms in total. The highest BCUT2D eigenvalue weighted by Crippen LogP contribution is 2.29. The second kappa shape index (κ2) is 9.80. The molecule has 0 radical (unpaired) electrons. The predicted molar refractivity (Wildman–Crippen MR) is 121 cm³/mol. The standard InChI is InChI=1S/C23H28N4O2S/c1-16(2)26(17(3)4)21(28)15-30-23-25-24-22(18-9-7-6-8-10-18)27(23)19-11-13-20(29-5)14-12-19/h6-14,16-17H,15H2,1-5H3. The van der Waals surface area contributed by atoms with Crippen molar-refractivity contribution in [2.45, 2.75) is 44.9 Å². The topological polar surface area (TPSA) is 60.2 Å². The monoisotopic (exact) mass is 424 g/mol. The van der Waals surface area contributed by atoms with E-state index < -0.39 is 0 Å². The SMILES string of the molecule is COc1ccc(-n2c(SCC(=O)N(C(C)C)C(C)C)nnc2-c2ccccc2)cc1. The Morgan fingerprint density at radius 1 is 1.00 bits per heavy atom. The van der Waals surface area contributed by atoms with Crippen LogP contribution in [-0.2, 0) is 4.79 Å². The molecule has 7 heteroatoms. The summed E-state index contributed by atoms with van der Waals surface area (Å²) < 4.78 is 7.27. The van der Waals surface area contributed by atoms with E-state index in [2.05, 4.69) is 10.2 Å². The summed E-state index contributed by atoms with van der Waals surface area (Å²) in [6.07, 6.45) is 0. The number of aromatic nitrogens is 3. The Bertz CT molecular complexity index is 961. The van der Waals surface area contributed by atoms with E-state index in [0.29, 0.717) is 10.9 Å². The van der Waals surface area contributed by atoms with Gasteiger partial charge in [-0.15, -0.1) is 10.2 Å². The Kier molecular flexibility index (Phi) is 7.15. The zero-order valence-corrected chi connectivity index (χ0v) is 18.9. The van der Waals surface area contributed by atoms with Crippen LogP contribution in [0.4, 0.5) is 0 Å². The first kappa shape index (κ1) is 21.9. The van der Waals surface area contributed by atoms with E-state index in [4.69, 9.17) is 4.74 Å². The van der Waals surface area contributed by atoms with Crippen LogP contribution in [0.25, 0.3) is 17.1 Å². The van der Waals surface area contributed by atoms with Gasteiger partial charge in [0.1, 0.15) is 5.75 Å². The van der Waals surface area contributed by atoms with E-state index in [1.54, 1.807) is 7.11 Å². The number of hydrogen-bond acceptors (Lipinski definition) is 5. The summed E-state index contributed by atoms with van der Waals surface area (Å²) in [7, 11) is 1.64. The third-order valence-corrected chi connectivity index (χ3v) is 5.64. The van der Waals surface area contributed by atoms with Crippen molar-refractivity contribution in [1.82, 2.24) is 19.7 Å². The highest BCUT2D eigenvalue weighted by atomic mass is 32.2. The van der Waals surface area contributed by atoms with E-state index in [9.17, 15) is 4.79 Å². The van der Waals surface area contributed by atoms with Crippen molar-refractivity contribution in [2.24, 2.45) is 0 Å². The lowest BCUT2D eigenvalue weighted by molar-refractivity contribution is -0.131. The first-order valence-corrected chi connectivity index (χ1v) is 11.0. The number of rotatable bonds is 8. The molecule has 0 atom stereocenters. The summed E-state index contributed by atoms with van der Waals surface area (Å²) >= 11 is 1.41. The fourth-order valence-electron chi connectivity index (χ4n) is 3.47. The quantitative estimate of drug-likeness (QED) is 0.491. The number of nitrogens with zero attached hydrogens (tertiary/aromatic N) is 4. The van der Waals surface area contributed by atoms with Crippen molar-refractivity contribution in [3.05, 3.63) is 54.6 Å². The molecule has 0 saturated heterocycles. The van der Waals surface area contributed by atoms with Gasteiger partial charge in [0.05, 0.1) is 12.9 Å². The van der Waals surface area contributed by atoms with Crippen LogP contribution < -0.4 is 4.74 Å². The van der Waals surface area contributed by atoms with Crippen molar-refractivity contribution in [1.29, 1.82) is 0 Å². The second-order valence-electron chi connectivity index (χ2n) is 7.48. The maximum Gasteiger partial charge on any atom is 0.233 e. The van der Waals surface area contributed by atoms with Gasteiger partial charge < -0.3 is 9.64 Å². The van der Waals surface area contributed by atoms with Gasteiger partial charge in [0.2, 0.25) is 5.91 Å². The lowest BCUT2D eigenvalue weighted by atomic mass is 10.2. The third-order valence-electron chi connectivity index (χ3n) is 4.72. The van der Waals surface area contributed by atoms with Crippen molar-refractivity contribution >= 4 is 17.7 Å². The molecule has 3 aromatic rings. The number of amides is 1. The predicted octanol–water partition coefficient (Wildman–Crippen LogP) is 4.68. The van der Waals surface area contributed by atoms with Crippen molar-refractivity contribution in [3.8, 4) is 22.8 Å². The molecular weight excluding hydrogens is 396 g/mol. The molecule has 0 unspecified atom stereocenters. The van der Waals surface area contributed by atoms with Gasteiger partial charge in [-0.25, -0.2) is 0 Å². The van der Waals surface area contributed by atoms with Crippen molar-refractivity contribution < 1.29 is 9.53 Å². The van der Waals surface area contributed by atoms with Gasteiger partial charge in [-0.3, -0.25) is 9.36 Å². The number of carbonyl (C=O) groups is 1. The highest BCUT2D eigenvalue weighted by molar-refractivity contribution is 7.99. The molecule has 3 rings (SSSR count). The van der Waals surface area contributed by atoms with Crippen LogP contribution >= 0.6 is 11.8 Å². The summed E-state index contributed by atoms with van der Waals surface area (Å²) in [5.74, 6) is 1.91. The largest absolute Gasteiger partial charge is 0.497 e. The lowest BCUT2D eigenvalue weighted by Gasteiger charge is -2.30. The maximum absolute atomic E-state index is 12.8. The minimum absolute atomic E-state index is 0.0931. The molecule has 0 aliphatic rings. The van der Waals surface area contributed by atoms with Crippen LogP contribution in [0, 0.1) is 0 Å². The zero-order valence-electron chi connectivity index (χ0n) is 18.1. The third kappa shape index (κ3) is 4.84. The molecule has 0 bridgehead atoms. The number of benzene rings is 2. The molecule has 0 N–H and O–H groups in total. The first-order chi connectivity index (χ1) is 14.4. The second-order valence-corrected chi connectivity index (χ2v) is 8.43. The Morgan fingerprint density at radius 3 is 2.20 bits per heavy atom. The number of carbonyl (C=O) groups excluding carboxylic acids is 1. The average molecular weight is 425 g/mol. The van der Waals surface area contributed by atoms with E-state index >= 15 is 0 Å². The van der Waals surface area contributed by atoms with E-state index in [-0.39, 0.29) is 18.0 Å². The molecule has 2 aromatic carbocycles. The number of ether oxygens (including phenoxy) is 1. The smallest absolute Gasteiger partial charge is 0.233 e. The number of hydrogen-bond donors (Lipinski definition) is 0. The van der Waals surface area contributed by atoms with Crippen LogP contribution in [0.1, 0.15) is 27.7 Å². The minimum Gasteiger partial charge on any atom is -0.497 e. The molecule has 1 amide bonds. The maximum atomic E-state index is 12.8. The molecule has 158 valence electrons. The number of thioether (sulfide) groups is 1. The normalized spacial score (nSPS) is 11.2. The minimum atomic E-state index is 0.0931. The summed E-state index contributed by atoms with van der Waals surface area (Å²) in [6.45, 7) is 8.15. The Labute approximate surface area is 182 Å². The van der Waals surface area contributed by atoms with Gasteiger partial charge in [-0.2, -0.15) is 0 Å². The Morgan fingerprint density at radius 2 is 1.63 bits per heavy atom. The summed E-state index contributed by atoms with van der Waals surface area (Å²) in [6, 6.07) is 18.0. The van der Waals surface area contributed by atoms with Crippen LogP contribution in [0.2, 0.25) is 0 Å². The Hall–Kier alpha value is -2.80. The lowest BCUT2D eigenvalue weighted by Crippen LogP contribution is -2.43. The molecule has 1 heterocycles. The van der Waals surface area contributed by atoms with Crippen LogP contribution in [0.5, 0.6) is 5.75 Å². The summed E-state index contributed by atoms with van der Waals surface area (Å²) in [4.78, 5) is 14.7. The fraction of sp³-hybridized carbons (Fsp3) is 0.348. The van der Waals surface area contributed by atoms with Crippen molar-refractivity contribution in [2.75, 3.05) is 12.9 Å². The molecule has 0 saturated carbocycles. The van der Waals surface area contributed by atoms with Crippen LogP contribution in [0.3, 0.4) is 0 Å². The summed E-state index contributed by atoms with van der Waals surface area (Å²) in [5.41, 5.74) is 1.88. The first-order valence-electron chi connectivity index (χ1n) is 10.0. The molecular formula is C23H28N4O2S. The van der Waals surface area contributed by atoms with Gasteiger partial charge in [-0.1, -0.05) is 42.1 Å². The molecule has 30 heavy (non-hydrogen) atoms. The molecule has 0 aliphatic heterocycles. The van der Waals surface area contributed by atoms with Crippen LogP contribution in [-0.4, -0.2) is 50.5 Å². The number of methoxy groups -OCH3 is 1. The van der Waals surface area contributed by atoms with Crippen LogP contribution in [0.15, 0.2) is 59.8 Å².